The van der Waals surface area contributed by atoms with Crippen LogP contribution in [0.4, 0.5) is 0 Å². The van der Waals surface area contributed by atoms with Crippen molar-refractivity contribution in [3.63, 3.8) is 0 Å². The Morgan fingerprint density at radius 2 is 2.16 bits per heavy atom. The van der Waals surface area contributed by atoms with Gasteiger partial charge in [0.1, 0.15) is 6.10 Å². The molecule has 1 saturated carbocycles. The molecular weight excluding hydrogens is 240 g/mol. The predicted octanol–water partition coefficient (Wildman–Crippen LogP) is 0.960. The molecular formula is C14H20N4O. The van der Waals surface area contributed by atoms with Crippen molar-refractivity contribution in [2.75, 3.05) is 26.7 Å². The van der Waals surface area contributed by atoms with Crippen molar-refractivity contribution in [3.8, 4) is 0 Å². The van der Waals surface area contributed by atoms with Crippen LogP contribution in [-0.4, -0.2) is 41.6 Å². The fourth-order valence-electron chi connectivity index (χ4n) is 2.99. The third kappa shape index (κ3) is 2.16. The summed E-state index contributed by atoms with van der Waals surface area (Å²) in [6.07, 6.45) is 2.62. The Hall–Kier alpha value is -1.04. The first kappa shape index (κ1) is 11.8. The van der Waals surface area contributed by atoms with Gasteiger partial charge in [0.25, 0.3) is 0 Å². The highest BCUT2D eigenvalue weighted by Crippen LogP contribution is 2.42. The number of aromatic nitrogens is 2. The number of ether oxygens (including phenoxy) is 1. The van der Waals surface area contributed by atoms with Crippen LogP contribution in [0.15, 0.2) is 0 Å². The summed E-state index contributed by atoms with van der Waals surface area (Å²) in [5.41, 5.74) is 3.85. The van der Waals surface area contributed by atoms with Crippen molar-refractivity contribution in [2.45, 2.75) is 38.0 Å². The summed E-state index contributed by atoms with van der Waals surface area (Å²) < 4.78 is 5.86. The molecule has 1 aliphatic carbocycles. The zero-order valence-corrected chi connectivity index (χ0v) is 11.4. The van der Waals surface area contributed by atoms with Crippen LogP contribution < -0.4 is 5.32 Å². The van der Waals surface area contributed by atoms with Crippen LogP contribution in [0.3, 0.4) is 0 Å². The van der Waals surface area contributed by atoms with E-state index in [1.807, 2.05) is 0 Å². The Morgan fingerprint density at radius 1 is 1.26 bits per heavy atom. The van der Waals surface area contributed by atoms with Crippen molar-refractivity contribution in [1.29, 1.82) is 0 Å². The highest BCUT2D eigenvalue weighted by molar-refractivity contribution is 5.34. The van der Waals surface area contributed by atoms with E-state index in [9.17, 15) is 0 Å². The third-order valence-corrected chi connectivity index (χ3v) is 4.26. The average molecular weight is 260 g/mol. The Bertz CT molecular complexity index is 500. The molecule has 0 amide bonds. The van der Waals surface area contributed by atoms with Gasteiger partial charge in [-0.2, -0.15) is 0 Å². The van der Waals surface area contributed by atoms with E-state index in [2.05, 4.69) is 17.3 Å². The molecule has 1 saturated heterocycles. The topological polar surface area (TPSA) is 50.3 Å². The van der Waals surface area contributed by atoms with Gasteiger partial charge in [-0.25, -0.2) is 9.97 Å². The lowest BCUT2D eigenvalue weighted by molar-refractivity contribution is -0.0256. The molecule has 0 spiro atoms. The minimum atomic E-state index is 0.0437. The van der Waals surface area contributed by atoms with Gasteiger partial charge in [0, 0.05) is 37.7 Å². The van der Waals surface area contributed by atoms with Gasteiger partial charge >= 0.3 is 0 Å². The number of hydrogen-bond donors (Lipinski definition) is 1. The summed E-state index contributed by atoms with van der Waals surface area (Å²) >= 11 is 0. The van der Waals surface area contributed by atoms with Crippen LogP contribution in [0.5, 0.6) is 0 Å². The van der Waals surface area contributed by atoms with Crippen molar-refractivity contribution >= 4 is 0 Å². The van der Waals surface area contributed by atoms with E-state index in [0.717, 1.165) is 38.6 Å². The predicted molar refractivity (Wildman–Crippen MR) is 70.7 cm³/mol. The molecule has 1 unspecified atom stereocenters. The van der Waals surface area contributed by atoms with Gasteiger partial charge in [0.2, 0.25) is 0 Å². The first-order valence-electron chi connectivity index (χ1n) is 7.21. The van der Waals surface area contributed by atoms with Crippen LogP contribution >= 0.6 is 0 Å². The molecule has 0 radical (unpaired) electrons. The van der Waals surface area contributed by atoms with E-state index in [-0.39, 0.29) is 6.10 Å². The molecule has 1 aromatic heterocycles. The van der Waals surface area contributed by atoms with E-state index in [1.54, 1.807) is 0 Å². The standard InChI is InChI=1S/C14H20N4O/c1-18-4-5-19-12(8-18)14-16-11-7-15-6-10(11)13(17-14)9-2-3-9/h9,12,15H,2-8H2,1H3. The van der Waals surface area contributed by atoms with Gasteiger partial charge in [-0.1, -0.05) is 0 Å². The van der Waals surface area contributed by atoms with Gasteiger partial charge < -0.3 is 15.0 Å². The number of morpholine rings is 1. The van der Waals surface area contributed by atoms with Crippen LogP contribution in [0.25, 0.3) is 0 Å². The third-order valence-electron chi connectivity index (χ3n) is 4.26. The minimum absolute atomic E-state index is 0.0437. The zero-order chi connectivity index (χ0) is 12.8. The van der Waals surface area contributed by atoms with Gasteiger partial charge in [-0.05, 0) is 19.9 Å². The average Bonchev–Trinajstić information content (AvgIpc) is 3.15. The number of likely N-dealkylation sites (N-methyl/N-ethyl adjacent to an activating group) is 1. The van der Waals surface area contributed by atoms with Crippen molar-refractivity contribution in [1.82, 2.24) is 20.2 Å². The maximum atomic E-state index is 5.86. The van der Waals surface area contributed by atoms with Gasteiger partial charge in [-0.3, -0.25) is 0 Å². The van der Waals surface area contributed by atoms with E-state index < -0.39 is 0 Å². The molecule has 1 N–H and O–H groups in total. The quantitative estimate of drug-likeness (QED) is 0.858. The molecule has 3 aliphatic rings. The fourth-order valence-corrected chi connectivity index (χ4v) is 2.99. The second kappa shape index (κ2) is 4.51. The molecule has 4 rings (SSSR count). The van der Waals surface area contributed by atoms with E-state index >= 15 is 0 Å². The Kier molecular flexibility index (Phi) is 2.79. The lowest BCUT2D eigenvalue weighted by Crippen LogP contribution is -2.36. The summed E-state index contributed by atoms with van der Waals surface area (Å²) in [7, 11) is 2.13. The van der Waals surface area contributed by atoms with Gasteiger partial charge in [0.15, 0.2) is 5.82 Å². The number of rotatable bonds is 2. The maximum absolute atomic E-state index is 5.86. The van der Waals surface area contributed by atoms with E-state index in [0.29, 0.717) is 5.92 Å². The molecule has 102 valence electrons. The molecule has 3 heterocycles. The zero-order valence-electron chi connectivity index (χ0n) is 11.4. The Balaban J connectivity index is 1.70. The van der Waals surface area contributed by atoms with Crippen LogP contribution in [0.2, 0.25) is 0 Å². The Labute approximate surface area is 113 Å². The second-order valence-electron chi connectivity index (χ2n) is 5.89. The highest BCUT2D eigenvalue weighted by atomic mass is 16.5. The molecule has 1 aromatic rings. The van der Waals surface area contributed by atoms with Crippen LogP contribution in [0.1, 0.15) is 47.6 Å². The van der Waals surface area contributed by atoms with E-state index in [4.69, 9.17) is 14.7 Å². The van der Waals surface area contributed by atoms with Crippen molar-refractivity contribution in [3.05, 3.63) is 22.8 Å². The summed E-state index contributed by atoms with van der Waals surface area (Å²) in [5.74, 6) is 1.58. The second-order valence-corrected chi connectivity index (χ2v) is 5.89. The Morgan fingerprint density at radius 3 is 2.95 bits per heavy atom. The smallest absolute Gasteiger partial charge is 0.159 e. The van der Waals surface area contributed by atoms with Crippen LogP contribution in [-0.2, 0) is 17.8 Å². The normalized spacial score (nSPS) is 27.5. The molecule has 1 atom stereocenters. The number of nitrogens with one attached hydrogen (secondary N) is 1. The lowest BCUT2D eigenvalue weighted by atomic mass is 10.1. The first-order valence-corrected chi connectivity index (χ1v) is 7.21. The minimum Gasteiger partial charge on any atom is -0.368 e. The number of fused-ring (bicyclic) bond motifs is 1. The summed E-state index contributed by atoms with van der Waals surface area (Å²) in [5, 5.41) is 3.40. The van der Waals surface area contributed by atoms with Gasteiger partial charge in [-0.15, -0.1) is 0 Å². The molecule has 2 fully saturated rings. The van der Waals surface area contributed by atoms with Gasteiger partial charge in [0.05, 0.1) is 18.0 Å². The van der Waals surface area contributed by atoms with Crippen molar-refractivity contribution in [2.24, 2.45) is 0 Å². The van der Waals surface area contributed by atoms with Crippen LogP contribution in [0, 0.1) is 0 Å². The maximum Gasteiger partial charge on any atom is 0.159 e. The summed E-state index contributed by atoms with van der Waals surface area (Å²) in [4.78, 5) is 11.9. The monoisotopic (exact) mass is 260 g/mol. The first-order chi connectivity index (χ1) is 9.31. The SMILES string of the molecule is CN1CCOC(c2nc3c(c(C4CC4)n2)CNC3)C1. The number of hydrogen-bond acceptors (Lipinski definition) is 5. The fraction of sp³-hybridized carbons (Fsp3) is 0.714. The largest absolute Gasteiger partial charge is 0.368 e. The molecule has 5 nitrogen and oxygen atoms in total. The number of nitrogens with zero attached hydrogens (tertiary/aromatic N) is 3. The van der Waals surface area contributed by atoms with Crippen molar-refractivity contribution < 1.29 is 4.74 Å². The lowest BCUT2D eigenvalue weighted by Gasteiger charge is -2.29. The molecule has 0 aromatic carbocycles. The van der Waals surface area contributed by atoms with E-state index in [1.165, 1.54) is 29.8 Å². The molecule has 19 heavy (non-hydrogen) atoms. The summed E-state index contributed by atoms with van der Waals surface area (Å²) in [6, 6.07) is 0. The molecule has 2 aliphatic heterocycles. The molecule has 5 heteroatoms. The molecule has 0 bridgehead atoms. The summed E-state index contributed by atoms with van der Waals surface area (Å²) in [6.45, 7) is 4.49. The highest BCUT2D eigenvalue weighted by Gasteiger charge is 2.33.